The van der Waals surface area contributed by atoms with E-state index in [1.165, 1.54) is 11.1 Å². The number of piperazine rings is 1. The van der Waals surface area contributed by atoms with Crippen molar-refractivity contribution in [3.05, 3.63) is 83.9 Å². The number of aryl methyl sites for hydroxylation is 2. The molecule has 0 bridgehead atoms. The molecule has 5 heteroatoms. The quantitative estimate of drug-likeness (QED) is 0.464. The van der Waals surface area contributed by atoms with E-state index in [4.69, 9.17) is 14.2 Å². The van der Waals surface area contributed by atoms with Crippen molar-refractivity contribution in [2.24, 2.45) is 0 Å². The fraction of sp³-hybridized carbons (Fsp3) is 0.357. The Morgan fingerprint density at radius 1 is 0.697 bits per heavy atom. The Labute approximate surface area is 197 Å². The molecule has 0 radical (unpaired) electrons. The lowest BCUT2D eigenvalue weighted by atomic mass is 10.2. The number of hydrogen-bond acceptors (Lipinski definition) is 5. The summed E-state index contributed by atoms with van der Waals surface area (Å²) in [5, 5.41) is 0. The number of ether oxygens (including phenoxy) is 3. The number of nitrogens with zero attached hydrogens (tertiary/aromatic N) is 2. The van der Waals surface area contributed by atoms with E-state index in [9.17, 15) is 0 Å². The van der Waals surface area contributed by atoms with Gasteiger partial charge in [0.05, 0.1) is 18.8 Å². The summed E-state index contributed by atoms with van der Waals surface area (Å²) >= 11 is 0. The van der Waals surface area contributed by atoms with Crippen molar-refractivity contribution in [2.75, 3.05) is 51.4 Å². The molecular formula is C28H34N2O3. The third-order valence-electron chi connectivity index (χ3n) is 6.18. The van der Waals surface area contributed by atoms with Crippen LogP contribution in [0.15, 0.2) is 72.8 Å². The van der Waals surface area contributed by atoms with E-state index >= 15 is 0 Å². The highest BCUT2D eigenvalue weighted by Gasteiger charge is 2.26. The third-order valence-corrected chi connectivity index (χ3v) is 6.18. The van der Waals surface area contributed by atoms with Gasteiger partial charge in [-0.15, -0.1) is 0 Å². The van der Waals surface area contributed by atoms with Crippen molar-refractivity contribution in [3.8, 4) is 17.2 Å². The summed E-state index contributed by atoms with van der Waals surface area (Å²) in [7, 11) is 1.73. The van der Waals surface area contributed by atoms with Gasteiger partial charge in [0.1, 0.15) is 30.5 Å². The van der Waals surface area contributed by atoms with Crippen molar-refractivity contribution < 1.29 is 14.2 Å². The molecule has 174 valence electrons. The fourth-order valence-corrected chi connectivity index (χ4v) is 4.13. The summed E-state index contributed by atoms with van der Waals surface area (Å²) in [6.45, 7) is 9.10. The largest absolute Gasteiger partial charge is 0.495 e. The van der Waals surface area contributed by atoms with Gasteiger partial charge >= 0.3 is 0 Å². The summed E-state index contributed by atoms with van der Waals surface area (Å²) in [4.78, 5) is 4.88. The van der Waals surface area contributed by atoms with Gasteiger partial charge in [-0.25, -0.2) is 0 Å². The average molecular weight is 447 g/mol. The lowest BCUT2D eigenvalue weighted by Gasteiger charge is -2.40. The van der Waals surface area contributed by atoms with Crippen molar-refractivity contribution in [3.63, 3.8) is 0 Å². The second kappa shape index (κ2) is 11.1. The third kappa shape index (κ3) is 6.20. The Bertz CT molecular complexity index is 947. The number of benzene rings is 3. The van der Waals surface area contributed by atoms with Crippen LogP contribution in [0, 0.1) is 13.8 Å². The summed E-state index contributed by atoms with van der Waals surface area (Å²) < 4.78 is 17.9. The van der Waals surface area contributed by atoms with Gasteiger partial charge in [0.15, 0.2) is 0 Å². The number of rotatable bonds is 9. The molecule has 0 spiro atoms. The second-order valence-corrected chi connectivity index (χ2v) is 8.60. The van der Waals surface area contributed by atoms with Gasteiger partial charge in [-0.2, -0.15) is 0 Å². The lowest BCUT2D eigenvalue weighted by molar-refractivity contribution is 0.0863. The molecule has 1 saturated heterocycles. The fourth-order valence-electron chi connectivity index (χ4n) is 4.13. The monoisotopic (exact) mass is 446 g/mol. The SMILES string of the molecule is COc1ccccc1N1CCN(C(COc2ccc(C)cc2)COc2ccc(C)cc2)CC1. The number of methoxy groups -OCH3 is 1. The molecule has 3 aromatic rings. The second-order valence-electron chi connectivity index (χ2n) is 8.60. The standard InChI is InChI=1S/C28H34N2O3/c1-22-8-12-25(13-9-22)32-20-24(21-33-26-14-10-23(2)11-15-26)29-16-18-30(19-17-29)27-6-4-5-7-28(27)31-3/h4-15,24H,16-21H2,1-3H3. The minimum atomic E-state index is 0.160. The molecule has 0 atom stereocenters. The minimum absolute atomic E-state index is 0.160. The molecule has 0 N–H and O–H groups in total. The number of para-hydroxylation sites is 2. The smallest absolute Gasteiger partial charge is 0.142 e. The zero-order chi connectivity index (χ0) is 23.0. The predicted octanol–water partition coefficient (Wildman–Crippen LogP) is 4.96. The first-order chi connectivity index (χ1) is 16.1. The van der Waals surface area contributed by atoms with Gasteiger partial charge in [0.25, 0.3) is 0 Å². The van der Waals surface area contributed by atoms with Crippen molar-refractivity contribution >= 4 is 5.69 Å². The van der Waals surface area contributed by atoms with Crippen molar-refractivity contribution in [1.82, 2.24) is 4.90 Å². The highest BCUT2D eigenvalue weighted by molar-refractivity contribution is 5.58. The van der Waals surface area contributed by atoms with E-state index in [1.807, 2.05) is 36.4 Å². The maximum atomic E-state index is 6.18. The van der Waals surface area contributed by atoms with Crippen LogP contribution in [0.3, 0.4) is 0 Å². The van der Waals surface area contributed by atoms with Crippen LogP contribution in [-0.4, -0.2) is 57.4 Å². The molecule has 1 aliphatic heterocycles. The number of hydrogen-bond donors (Lipinski definition) is 0. The lowest BCUT2D eigenvalue weighted by Crippen LogP contribution is -2.53. The Kier molecular flexibility index (Phi) is 7.74. The van der Waals surface area contributed by atoms with Crippen LogP contribution < -0.4 is 19.1 Å². The van der Waals surface area contributed by atoms with Crippen LogP contribution >= 0.6 is 0 Å². The predicted molar refractivity (Wildman–Crippen MR) is 134 cm³/mol. The van der Waals surface area contributed by atoms with Gasteiger partial charge in [-0.05, 0) is 50.2 Å². The maximum absolute atomic E-state index is 6.18. The van der Waals surface area contributed by atoms with Crippen molar-refractivity contribution in [2.45, 2.75) is 19.9 Å². The molecule has 3 aromatic carbocycles. The van der Waals surface area contributed by atoms with E-state index in [1.54, 1.807) is 7.11 Å². The van der Waals surface area contributed by atoms with E-state index < -0.39 is 0 Å². The van der Waals surface area contributed by atoms with E-state index in [-0.39, 0.29) is 6.04 Å². The zero-order valence-corrected chi connectivity index (χ0v) is 19.9. The van der Waals surface area contributed by atoms with Crippen LogP contribution in [0.25, 0.3) is 0 Å². The normalized spacial score (nSPS) is 14.4. The molecular weight excluding hydrogens is 412 g/mol. The van der Waals surface area contributed by atoms with Gasteiger partial charge in [0, 0.05) is 26.2 Å². The molecule has 5 nitrogen and oxygen atoms in total. The van der Waals surface area contributed by atoms with Crippen LogP contribution in [0.2, 0.25) is 0 Å². The van der Waals surface area contributed by atoms with Crippen LogP contribution in [0.5, 0.6) is 17.2 Å². The van der Waals surface area contributed by atoms with Crippen LogP contribution in [0.1, 0.15) is 11.1 Å². The molecule has 4 rings (SSSR count). The first-order valence-electron chi connectivity index (χ1n) is 11.6. The molecule has 33 heavy (non-hydrogen) atoms. The van der Waals surface area contributed by atoms with Gasteiger partial charge in [0.2, 0.25) is 0 Å². The van der Waals surface area contributed by atoms with Gasteiger partial charge < -0.3 is 19.1 Å². The molecule has 0 unspecified atom stereocenters. The van der Waals surface area contributed by atoms with E-state index in [0.717, 1.165) is 49.1 Å². The first-order valence-corrected chi connectivity index (χ1v) is 11.6. The molecule has 0 saturated carbocycles. The average Bonchev–Trinajstić information content (AvgIpc) is 2.86. The van der Waals surface area contributed by atoms with Gasteiger partial charge in [-0.3, -0.25) is 4.90 Å². The molecule has 1 aliphatic rings. The topological polar surface area (TPSA) is 34.2 Å². The molecule has 0 aliphatic carbocycles. The van der Waals surface area contributed by atoms with Crippen LogP contribution in [-0.2, 0) is 0 Å². The molecule has 0 amide bonds. The van der Waals surface area contributed by atoms with Crippen molar-refractivity contribution in [1.29, 1.82) is 0 Å². The Morgan fingerprint density at radius 3 is 1.73 bits per heavy atom. The molecule has 1 fully saturated rings. The maximum Gasteiger partial charge on any atom is 0.142 e. The summed E-state index contributed by atoms with van der Waals surface area (Å²) in [5.41, 5.74) is 3.62. The van der Waals surface area contributed by atoms with E-state index in [0.29, 0.717) is 13.2 Å². The summed E-state index contributed by atoms with van der Waals surface area (Å²) in [5.74, 6) is 2.72. The highest BCUT2D eigenvalue weighted by Crippen LogP contribution is 2.28. The Morgan fingerprint density at radius 2 is 1.21 bits per heavy atom. The van der Waals surface area contributed by atoms with E-state index in [2.05, 4.69) is 60.0 Å². The molecule has 0 aromatic heterocycles. The summed E-state index contributed by atoms with van der Waals surface area (Å²) in [6.07, 6.45) is 0. The summed E-state index contributed by atoms with van der Waals surface area (Å²) in [6, 6.07) is 24.9. The van der Waals surface area contributed by atoms with Gasteiger partial charge in [-0.1, -0.05) is 47.5 Å². The highest BCUT2D eigenvalue weighted by atomic mass is 16.5. The van der Waals surface area contributed by atoms with Crippen LogP contribution in [0.4, 0.5) is 5.69 Å². The Hall–Kier alpha value is -3.18. The minimum Gasteiger partial charge on any atom is -0.495 e. The first kappa shape index (κ1) is 23.0. The number of anilines is 1. The Balaban J connectivity index is 1.40. The zero-order valence-electron chi connectivity index (χ0n) is 19.9. The molecule has 1 heterocycles.